The topological polar surface area (TPSA) is 80.8 Å². The molecule has 0 radical (unpaired) electrons. The van der Waals surface area contributed by atoms with Crippen LogP contribution in [-0.2, 0) is 16.6 Å². The summed E-state index contributed by atoms with van der Waals surface area (Å²) in [7, 11) is -3.17. The van der Waals surface area contributed by atoms with Gasteiger partial charge in [0.2, 0.25) is 16.8 Å². The van der Waals surface area contributed by atoms with E-state index in [-0.39, 0.29) is 12.5 Å². The largest absolute Gasteiger partial charge is 0.454 e. The summed E-state index contributed by atoms with van der Waals surface area (Å²) >= 11 is 0. The molecule has 0 spiro atoms. The van der Waals surface area contributed by atoms with Gasteiger partial charge in [-0.3, -0.25) is 4.31 Å². The van der Waals surface area contributed by atoms with Gasteiger partial charge < -0.3 is 14.8 Å². The highest BCUT2D eigenvalue weighted by atomic mass is 32.2. The number of benzene rings is 1. The number of pyridine rings is 1. The molecule has 2 aliphatic heterocycles. The molecule has 0 atom stereocenters. The highest BCUT2D eigenvalue weighted by Gasteiger charge is 2.28. The van der Waals surface area contributed by atoms with Crippen LogP contribution in [0.1, 0.15) is 12.0 Å². The normalized spacial score (nSPS) is 17.9. The molecule has 24 heavy (non-hydrogen) atoms. The fourth-order valence-electron chi connectivity index (χ4n) is 2.81. The summed E-state index contributed by atoms with van der Waals surface area (Å²) in [6.07, 6.45) is 2.25. The zero-order chi connectivity index (χ0) is 16.6. The van der Waals surface area contributed by atoms with Crippen molar-refractivity contribution in [2.45, 2.75) is 13.0 Å². The highest BCUT2D eigenvalue weighted by molar-refractivity contribution is 7.93. The number of anilines is 2. The van der Waals surface area contributed by atoms with Crippen LogP contribution >= 0.6 is 0 Å². The molecule has 0 unspecified atom stereocenters. The van der Waals surface area contributed by atoms with Gasteiger partial charge in [-0.1, -0.05) is 6.07 Å². The van der Waals surface area contributed by atoms with Crippen molar-refractivity contribution in [1.82, 2.24) is 4.98 Å². The van der Waals surface area contributed by atoms with E-state index >= 15 is 0 Å². The Labute approximate surface area is 140 Å². The minimum absolute atomic E-state index is 0.205. The molecule has 4 rings (SSSR count). The number of fused-ring (bicyclic) bond motifs is 1. The van der Waals surface area contributed by atoms with E-state index in [2.05, 4.69) is 10.3 Å². The van der Waals surface area contributed by atoms with Gasteiger partial charge in [0.1, 0.15) is 5.82 Å². The summed E-state index contributed by atoms with van der Waals surface area (Å²) in [5.41, 5.74) is 1.66. The predicted octanol–water partition coefficient (Wildman–Crippen LogP) is 1.96. The molecule has 2 aromatic rings. The van der Waals surface area contributed by atoms with Crippen molar-refractivity contribution in [2.75, 3.05) is 28.7 Å². The van der Waals surface area contributed by atoms with Crippen LogP contribution in [-0.4, -0.2) is 32.5 Å². The van der Waals surface area contributed by atoms with Gasteiger partial charge in [0, 0.05) is 13.1 Å². The van der Waals surface area contributed by atoms with Gasteiger partial charge in [0.05, 0.1) is 17.6 Å². The van der Waals surface area contributed by atoms with E-state index in [0.717, 1.165) is 17.1 Å². The first kappa shape index (κ1) is 15.1. The highest BCUT2D eigenvalue weighted by Crippen LogP contribution is 2.32. The van der Waals surface area contributed by atoms with Crippen LogP contribution in [0.15, 0.2) is 36.5 Å². The Morgan fingerprint density at radius 2 is 2.04 bits per heavy atom. The van der Waals surface area contributed by atoms with Crippen molar-refractivity contribution in [2.24, 2.45) is 0 Å². The van der Waals surface area contributed by atoms with Crippen LogP contribution in [0.5, 0.6) is 11.5 Å². The third kappa shape index (κ3) is 2.84. The van der Waals surface area contributed by atoms with E-state index in [0.29, 0.717) is 31.0 Å². The number of nitrogens with one attached hydrogen (secondary N) is 1. The Morgan fingerprint density at radius 1 is 1.17 bits per heavy atom. The van der Waals surface area contributed by atoms with Gasteiger partial charge in [-0.2, -0.15) is 0 Å². The standard InChI is InChI=1S/C16H17N3O4S/c20-24(21)7-1-6-19(24)13-3-5-16(18-10-13)17-9-12-2-4-14-15(8-12)23-11-22-14/h2-5,8,10H,1,6-7,9,11H2,(H,17,18). The first-order valence-corrected chi connectivity index (χ1v) is 9.32. The molecule has 1 saturated heterocycles. The van der Waals surface area contributed by atoms with Gasteiger partial charge in [0.15, 0.2) is 11.5 Å². The molecule has 0 bridgehead atoms. The quantitative estimate of drug-likeness (QED) is 0.911. The van der Waals surface area contributed by atoms with Gasteiger partial charge in [-0.25, -0.2) is 13.4 Å². The molecule has 1 fully saturated rings. The first-order valence-electron chi connectivity index (χ1n) is 7.71. The lowest BCUT2D eigenvalue weighted by molar-refractivity contribution is 0.174. The van der Waals surface area contributed by atoms with Crippen molar-refractivity contribution in [3.63, 3.8) is 0 Å². The molecule has 8 heteroatoms. The molecule has 0 saturated carbocycles. The number of rotatable bonds is 4. The van der Waals surface area contributed by atoms with Crippen LogP contribution in [0.3, 0.4) is 0 Å². The second-order valence-corrected chi connectivity index (χ2v) is 7.70. The molecular weight excluding hydrogens is 330 g/mol. The number of nitrogens with zero attached hydrogens (tertiary/aromatic N) is 2. The van der Waals surface area contributed by atoms with E-state index in [1.807, 2.05) is 18.2 Å². The second-order valence-electron chi connectivity index (χ2n) is 5.68. The van der Waals surface area contributed by atoms with E-state index in [1.54, 1.807) is 18.3 Å². The Balaban J connectivity index is 1.42. The monoisotopic (exact) mass is 347 g/mol. The number of sulfonamides is 1. The average Bonchev–Trinajstić information content (AvgIpc) is 3.18. The lowest BCUT2D eigenvalue weighted by Gasteiger charge is -2.16. The molecule has 2 aliphatic rings. The predicted molar refractivity (Wildman–Crippen MR) is 89.9 cm³/mol. The van der Waals surface area contributed by atoms with Gasteiger partial charge in [0.25, 0.3) is 0 Å². The van der Waals surface area contributed by atoms with E-state index in [4.69, 9.17) is 9.47 Å². The summed E-state index contributed by atoms with van der Waals surface area (Å²) in [6, 6.07) is 9.34. The zero-order valence-electron chi connectivity index (χ0n) is 12.9. The van der Waals surface area contributed by atoms with Gasteiger partial charge >= 0.3 is 0 Å². The van der Waals surface area contributed by atoms with Crippen LogP contribution in [0.25, 0.3) is 0 Å². The minimum Gasteiger partial charge on any atom is -0.454 e. The first-order chi connectivity index (χ1) is 11.6. The van der Waals surface area contributed by atoms with E-state index < -0.39 is 10.0 Å². The van der Waals surface area contributed by atoms with Crippen LogP contribution < -0.4 is 19.1 Å². The Kier molecular flexibility index (Phi) is 3.68. The Bertz CT molecular complexity index is 852. The lowest BCUT2D eigenvalue weighted by Crippen LogP contribution is -2.25. The van der Waals surface area contributed by atoms with Crippen molar-refractivity contribution < 1.29 is 17.9 Å². The average molecular weight is 347 g/mol. The maximum Gasteiger partial charge on any atom is 0.235 e. The molecule has 0 amide bonds. The third-order valence-electron chi connectivity index (χ3n) is 4.05. The molecule has 1 aromatic heterocycles. The van der Waals surface area contributed by atoms with Crippen LogP contribution in [0.4, 0.5) is 11.5 Å². The fraction of sp³-hybridized carbons (Fsp3) is 0.312. The summed E-state index contributed by atoms with van der Waals surface area (Å²) in [5.74, 6) is 2.40. The second kappa shape index (κ2) is 5.86. The van der Waals surface area contributed by atoms with Crippen molar-refractivity contribution >= 4 is 21.5 Å². The molecule has 126 valence electrons. The molecule has 1 N–H and O–H groups in total. The van der Waals surface area contributed by atoms with E-state index in [9.17, 15) is 8.42 Å². The summed E-state index contributed by atoms with van der Waals surface area (Å²) in [6.45, 7) is 1.37. The molecule has 3 heterocycles. The van der Waals surface area contributed by atoms with Crippen LogP contribution in [0.2, 0.25) is 0 Å². The van der Waals surface area contributed by atoms with Gasteiger partial charge in [-0.05, 0) is 36.2 Å². The number of hydrogen-bond acceptors (Lipinski definition) is 6. The number of hydrogen-bond donors (Lipinski definition) is 1. The Morgan fingerprint density at radius 3 is 2.79 bits per heavy atom. The number of ether oxygens (including phenoxy) is 2. The minimum atomic E-state index is -3.17. The molecule has 7 nitrogen and oxygen atoms in total. The lowest BCUT2D eigenvalue weighted by atomic mass is 10.2. The zero-order valence-corrected chi connectivity index (χ0v) is 13.8. The smallest absolute Gasteiger partial charge is 0.235 e. The maximum atomic E-state index is 11.9. The summed E-state index contributed by atoms with van der Waals surface area (Å²) < 4.78 is 35.9. The number of aromatic nitrogens is 1. The molecule has 1 aromatic carbocycles. The summed E-state index contributed by atoms with van der Waals surface area (Å²) in [5, 5.41) is 3.22. The SMILES string of the molecule is O=S1(=O)CCCN1c1ccc(NCc2ccc3c(c2)OCO3)nc1. The Hall–Kier alpha value is -2.48. The van der Waals surface area contributed by atoms with Crippen molar-refractivity contribution in [1.29, 1.82) is 0 Å². The van der Waals surface area contributed by atoms with Gasteiger partial charge in [-0.15, -0.1) is 0 Å². The molecule has 0 aliphatic carbocycles. The molecular formula is C16H17N3O4S. The van der Waals surface area contributed by atoms with Crippen molar-refractivity contribution in [3.05, 3.63) is 42.1 Å². The third-order valence-corrected chi connectivity index (χ3v) is 5.92. The fourth-order valence-corrected chi connectivity index (χ4v) is 4.36. The maximum absolute atomic E-state index is 11.9. The van der Waals surface area contributed by atoms with Crippen LogP contribution in [0, 0.1) is 0 Å². The van der Waals surface area contributed by atoms with E-state index in [1.165, 1.54) is 4.31 Å². The van der Waals surface area contributed by atoms with Crippen molar-refractivity contribution in [3.8, 4) is 11.5 Å². The summed E-state index contributed by atoms with van der Waals surface area (Å²) in [4.78, 5) is 4.30.